The standard InChI is InChI=1S/C15H28N2S2/c1-5-7-13-14(9-16-8-6-2)19-15(17-13)11-18-10-12(3)4/h12,16H,5-11H2,1-4H3. The first-order chi connectivity index (χ1) is 9.17. The van der Waals surface area contributed by atoms with E-state index < -0.39 is 0 Å². The summed E-state index contributed by atoms with van der Waals surface area (Å²) in [5, 5.41) is 4.81. The molecule has 2 nitrogen and oxygen atoms in total. The largest absolute Gasteiger partial charge is 0.312 e. The number of nitrogens with zero attached hydrogens (tertiary/aromatic N) is 1. The molecule has 0 fully saturated rings. The molecule has 0 aromatic carbocycles. The Bertz CT molecular complexity index is 348. The third kappa shape index (κ3) is 6.77. The molecule has 0 unspecified atom stereocenters. The third-order valence-electron chi connectivity index (χ3n) is 2.70. The topological polar surface area (TPSA) is 24.9 Å². The highest BCUT2D eigenvalue weighted by molar-refractivity contribution is 7.98. The molecule has 0 aliphatic rings. The summed E-state index contributed by atoms with van der Waals surface area (Å²) in [5.74, 6) is 3.07. The van der Waals surface area contributed by atoms with Gasteiger partial charge in [-0.15, -0.1) is 11.3 Å². The summed E-state index contributed by atoms with van der Waals surface area (Å²) in [4.78, 5) is 6.29. The highest BCUT2D eigenvalue weighted by Crippen LogP contribution is 2.24. The van der Waals surface area contributed by atoms with E-state index in [1.54, 1.807) is 0 Å². The lowest BCUT2D eigenvalue weighted by atomic mass is 10.2. The summed E-state index contributed by atoms with van der Waals surface area (Å²) in [6.07, 6.45) is 3.50. The monoisotopic (exact) mass is 300 g/mol. The van der Waals surface area contributed by atoms with Gasteiger partial charge in [0.25, 0.3) is 0 Å². The van der Waals surface area contributed by atoms with E-state index >= 15 is 0 Å². The Balaban J connectivity index is 2.54. The minimum Gasteiger partial charge on any atom is -0.312 e. The van der Waals surface area contributed by atoms with Crippen LogP contribution in [0.1, 0.15) is 56.1 Å². The van der Waals surface area contributed by atoms with Crippen molar-refractivity contribution in [3.05, 3.63) is 15.6 Å². The van der Waals surface area contributed by atoms with E-state index in [2.05, 4.69) is 33.0 Å². The van der Waals surface area contributed by atoms with Crippen LogP contribution in [0.5, 0.6) is 0 Å². The molecule has 1 aromatic heterocycles. The Labute approximate surface area is 126 Å². The zero-order valence-corrected chi connectivity index (χ0v) is 14.4. The summed E-state index contributed by atoms with van der Waals surface area (Å²) in [6, 6.07) is 0. The normalized spacial score (nSPS) is 11.4. The van der Waals surface area contributed by atoms with Crippen molar-refractivity contribution < 1.29 is 0 Å². The Morgan fingerprint density at radius 1 is 1.26 bits per heavy atom. The first-order valence-corrected chi connectivity index (χ1v) is 9.40. The summed E-state index contributed by atoms with van der Waals surface area (Å²) in [6.45, 7) is 11.1. The molecule has 0 aliphatic heterocycles. The molecule has 19 heavy (non-hydrogen) atoms. The Hall–Kier alpha value is -0.0600. The molecule has 0 aliphatic carbocycles. The van der Waals surface area contributed by atoms with E-state index in [0.717, 1.165) is 31.2 Å². The Kier molecular flexibility index (Phi) is 8.75. The first-order valence-electron chi connectivity index (χ1n) is 7.43. The SMILES string of the molecule is CCCNCc1sc(CSCC(C)C)nc1CCC. The fourth-order valence-corrected chi connectivity index (χ4v) is 4.02. The molecule has 1 heterocycles. The molecule has 0 radical (unpaired) electrons. The lowest BCUT2D eigenvalue weighted by Gasteiger charge is -2.02. The fraction of sp³-hybridized carbons (Fsp3) is 0.800. The molecule has 0 spiro atoms. The van der Waals surface area contributed by atoms with Crippen molar-refractivity contribution in [3.8, 4) is 0 Å². The van der Waals surface area contributed by atoms with Crippen LogP contribution in [0.2, 0.25) is 0 Å². The predicted molar refractivity (Wildman–Crippen MR) is 89.1 cm³/mol. The summed E-state index contributed by atoms with van der Waals surface area (Å²) < 4.78 is 0. The van der Waals surface area contributed by atoms with Gasteiger partial charge in [0.15, 0.2) is 0 Å². The third-order valence-corrected chi connectivity index (χ3v) is 5.36. The molecule has 0 bridgehead atoms. The molecule has 1 aromatic rings. The van der Waals surface area contributed by atoms with Gasteiger partial charge in [0.1, 0.15) is 5.01 Å². The van der Waals surface area contributed by atoms with Crippen molar-refractivity contribution >= 4 is 23.1 Å². The Morgan fingerprint density at radius 2 is 2.05 bits per heavy atom. The molecule has 0 amide bonds. The van der Waals surface area contributed by atoms with Gasteiger partial charge in [0.05, 0.1) is 5.69 Å². The van der Waals surface area contributed by atoms with Gasteiger partial charge in [-0.3, -0.25) is 0 Å². The maximum atomic E-state index is 4.83. The van der Waals surface area contributed by atoms with Gasteiger partial charge in [-0.2, -0.15) is 11.8 Å². The van der Waals surface area contributed by atoms with Crippen LogP contribution < -0.4 is 5.32 Å². The van der Waals surface area contributed by atoms with E-state index in [4.69, 9.17) is 4.98 Å². The van der Waals surface area contributed by atoms with Crippen molar-refractivity contribution in [1.29, 1.82) is 0 Å². The lowest BCUT2D eigenvalue weighted by Crippen LogP contribution is -2.13. The van der Waals surface area contributed by atoms with Crippen molar-refractivity contribution in [2.75, 3.05) is 12.3 Å². The van der Waals surface area contributed by atoms with Crippen molar-refractivity contribution in [3.63, 3.8) is 0 Å². The van der Waals surface area contributed by atoms with Crippen LogP contribution in [0.3, 0.4) is 0 Å². The van der Waals surface area contributed by atoms with Crippen molar-refractivity contribution in [2.24, 2.45) is 5.92 Å². The molecule has 4 heteroatoms. The Morgan fingerprint density at radius 3 is 2.68 bits per heavy atom. The van der Waals surface area contributed by atoms with Crippen LogP contribution in [0.4, 0.5) is 0 Å². The second-order valence-corrected chi connectivity index (χ2v) is 7.51. The van der Waals surface area contributed by atoms with E-state index in [1.165, 1.54) is 34.2 Å². The average molecular weight is 301 g/mol. The van der Waals surface area contributed by atoms with Gasteiger partial charge in [0.2, 0.25) is 0 Å². The minimum atomic E-state index is 0.769. The van der Waals surface area contributed by atoms with E-state index in [9.17, 15) is 0 Å². The zero-order valence-electron chi connectivity index (χ0n) is 12.8. The molecule has 1 rings (SSSR count). The molecule has 1 N–H and O–H groups in total. The number of hydrogen-bond donors (Lipinski definition) is 1. The lowest BCUT2D eigenvalue weighted by molar-refractivity contribution is 0.674. The number of hydrogen-bond acceptors (Lipinski definition) is 4. The van der Waals surface area contributed by atoms with Gasteiger partial charge in [-0.1, -0.05) is 34.1 Å². The second-order valence-electron chi connectivity index (χ2n) is 5.31. The van der Waals surface area contributed by atoms with Crippen LogP contribution in [0, 0.1) is 5.92 Å². The summed E-state index contributed by atoms with van der Waals surface area (Å²) >= 11 is 3.92. The number of thiazole rings is 1. The van der Waals surface area contributed by atoms with Gasteiger partial charge < -0.3 is 5.32 Å². The number of rotatable bonds is 10. The van der Waals surface area contributed by atoms with Gasteiger partial charge in [-0.25, -0.2) is 4.98 Å². The molecule has 0 saturated carbocycles. The maximum Gasteiger partial charge on any atom is 0.103 e. The van der Waals surface area contributed by atoms with Crippen molar-refractivity contribution in [2.45, 2.75) is 59.3 Å². The van der Waals surface area contributed by atoms with Crippen LogP contribution in [-0.2, 0) is 18.7 Å². The second kappa shape index (κ2) is 9.78. The minimum absolute atomic E-state index is 0.769. The quantitative estimate of drug-likeness (QED) is 0.645. The van der Waals surface area contributed by atoms with E-state index in [0.29, 0.717) is 0 Å². The van der Waals surface area contributed by atoms with Gasteiger partial charge in [0, 0.05) is 17.2 Å². The number of aromatic nitrogens is 1. The van der Waals surface area contributed by atoms with E-state index in [-0.39, 0.29) is 0 Å². The maximum absolute atomic E-state index is 4.83. The molecule has 0 atom stereocenters. The number of aryl methyl sites for hydroxylation is 1. The molecule has 110 valence electrons. The number of nitrogens with one attached hydrogen (secondary N) is 1. The average Bonchev–Trinajstić information content (AvgIpc) is 2.72. The molecular weight excluding hydrogens is 272 g/mol. The predicted octanol–water partition coefficient (Wildman–Crippen LogP) is 4.48. The first kappa shape index (κ1) is 17.0. The highest BCUT2D eigenvalue weighted by Gasteiger charge is 2.10. The highest BCUT2D eigenvalue weighted by atomic mass is 32.2. The fourth-order valence-electron chi connectivity index (χ4n) is 1.83. The van der Waals surface area contributed by atoms with Crippen LogP contribution in [-0.4, -0.2) is 17.3 Å². The van der Waals surface area contributed by atoms with Crippen molar-refractivity contribution in [1.82, 2.24) is 10.3 Å². The summed E-state index contributed by atoms with van der Waals surface area (Å²) in [7, 11) is 0. The summed E-state index contributed by atoms with van der Waals surface area (Å²) in [5.41, 5.74) is 1.33. The molecule has 0 saturated heterocycles. The van der Waals surface area contributed by atoms with Crippen LogP contribution >= 0.6 is 23.1 Å². The van der Waals surface area contributed by atoms with Crippen LogP contribution in [0.25, 0.3) is 0 Å². The van der Waals surface area contributed by atoms with E-state index in [1.807, 2.05) is 23.1 Å². The van der Waals surface area contributed by atoms with Gasteiger partial charge >= 0.3 is 0 Å². The zero-order chi connectivity index (χ0) is 14.1. The van der Waals surface area contributed by atoms with Crippen LogP contribution in [0.15, 0.2) is 0 Å². The number of thioether (sulfide) groups is 1. The van der Waals surface area contributed by atoms with Gasteiger partial charge in [-0.05, 0) is 31.1 Å². The smallest absolute Gasteiger partial charge is 0.103 e. The molecular formula is C15H28N2S2.